The molecule has 2 aliphatic rings. The first-order valence-corrected chi connectivity index (χ1v) is 7.85. The maximum atomic E-state index is 12.1. The number of rotatable bonds is 3. The zero-order valence-electron chi connectivity index (χ0n) is 12.2. The first-order chi connectivity index (χ1) is 10.2. The number of hydrogen-bond acceptors (Lipinski definition) is 3. The van der Waals surface area contributed by atoms with Gasteiger partial charge in [0.1, 0.15) is 6.10 Å². The van der Waals surface area contributed by atoms with E-state index >= 15 is 0 Å². The summed E-state index contributed by atoms with van der Waals surface area (Å²) in [7, 11) is 0. The fraction of sp³-hybridized carbons (Fsp3) is 0.529. The van der Waals surface area contributed by atoms with E-state index in [2.05, 4.69) is 0 Å². The molecule has 0 unspecified atom stereocenters. The molecule has 21 heavy (non-hydrogen) atoms. The largest absolute Gasteiger partial charge is 0.459 e. The van der Waals surface area contributed by atoms with Crippen molar-refractivity contribution in [1.29, 1.82) is 0 Å². The lowest BCUT2D eigenvalue weighted by Crippen LogP contribution is -2.24. The molecule has 1 aromatic carbocycles. The van der Waals surface area contributed by atoms with Crippen LogP contribution in [0.15, 0.2) is 24.3 Å². The van der Waals surface area contributed by atoms with Gasteiger partial charge in [-0.05, 0) is 56.4 Å². The Morgan fingerprint density at radius 3 is 2.38 bits per heavy atom. The molecule has 1 heterocycles. The third-order valence-electron chi connectivity index (χ3n) is 4.31. The van der Waals surface area contributed by atoms with Crippen LogP contribution in [-0.4, -0.2) is 24.5 Å². The summed E-state index contributed by atoms with van der Waals surface area (Å²) in [4.78, 5) is 25.6. The monoisotopic (exact) mass is 287 g/mol. The number of esters is 1. The van der Waals surface area contributed by atoms with Crippen LogP contribution in [0.2, 0.25) is 0 Å². The van der Waals surface area contributed by atoms with Crippen molar-refractivity contribution >= 4 is 17.6 Å². The summed E-state index contributed by atoms with van der Waals surface area (Å²) in [5, 5.41) is 0. The second kappa shape index (κ2) is 6.29. The number of benzene rings is 1. The molecule has 1 aliphatic heterocycles. The summed E-state index contributed by atoms with van der Waals surface area (Å²) in [6.45, 7) is 0.769. The maximum absolute atomic E-state index is 12.1. The lowest BCUT2D eigenvalue weighted by atomic mass is 9.98. The number of ether oxygens (including phenoxy) is 1. The van der Waals surface area contributed by atoms with Crippen LogP contribution in [0.25, 0.3) is 0 Å². The van der Waals surface area contributed by atoms with Gasteiger partial charge in [-0.15, -0.1) is 0 Å². The Morgan fingerprint density at radius 1 is 1.05 bits per heavy atom. The van der Waals surface area contributed by atoms with Gasteiger partial charge in [0.05, 0.1) is 5.56 Å². The Labute approximate surface area is 125 Å². The van der Waals surface area contributed by atoms with E-state index in [4.69, 9.17) is 4.74 Å². The molecule has 0 N–H and O–H groups in total. The first-order valence-electron chi connectivity index (χ1n) is 7.85. The molecule has 1 saturated heterocycles. The molecule has 112 valence electrons. The highest BCUT2D eigenvalue weighted by atomic mass is 16.5. The Kier molecular flexibility index (Phi) is 4.23. The summed E-state index contributed by atoms with van der Waals surface area (Å²) in [6.07, 6.45) is 7.09. The van der Waals surface area contributed by atoms with Crippen molar-refractivity contribution in [3.05, 3.63) is 29.8 Å². The van der Waals surface area contributed by atoms with E-state index < -0.39 is 0 Å². The lowest BCUT2D eigenvalue weighted by molar-refractivity contribution is -0.117. The molecule has 1 aliphatic carbocycles. The highest BCUT2D eigenvalue weighted by Crippen LogP contribution is 2.24. The molecule has 3 rings (SSSR count). The quantitative estimate of drug-likeness (QED) is 0.801. The molecule has 1 amide bonds. The number of hydrogen-bond donors (Lipinski definition) is 0. The summed E-state index contributed by atoms with van der Waals surface area (Å²) in [5.41, 5.74) is 1.43. The SMILES string of the molecule is O=C(OC1CCCCC1)c1ccc(N2CCCC2=O)cc1. The van der Waals surface area contributed by atoms with Gasteiger partial charge in [-0.2, -0.15) is 0 Å². The van der Waals surface area contributed by atoms with Crippen LogP contribution in [0.3, 0.4) is 0 Å². The van der Waals surface area contributed by atoms with Gasteiger partial charge in [0, 0.05) is 18.7 Å². The Balaban J connectivity index is 1.63. The fourth-order valence-corrected chi connectivity index (χ4v) is 3.10. The normalized spacial score (nSPS) is 19.8. The molecule has 0 atom stereocenters. The molecule has 1 aromatic rings. The Morgan fingerprint density at radius 2 is 1.76 bits per heavy atom. The van der Waals surface area contributed by atoms with Crippen molar-refractivity contribution in [3.63, 3.8) is 0 Å². The second-order valence-corrected chi connectivity index (χ2v) is 5.86. The van der Waals surface area contributed by atoms with E-state index in [-0.39, 0.29) is 18.0 Å². The van der Waals surface area contributed by atoms with Crippen molar-refractivity contribution in [1.82, 2.24) is 0 Å². The summed E-state index contributed by atoms with van der Waals surface area (Å²) < 4.78 is 5.54. The standard InChI is InChI=1S/C17H21NO3/c19-16-7-4-12-18(16)14-10-8-13(9-11-14)17(20)21-15-5-2-1-3-6-15/h8-11,15H,1-7,12H2. The minimum absolute atomic E-state index is 0.0751. The first kappa shape index (κ1) is 14.1. The van der Waals surface area contributed by atoms with Crippen LogP contribution in [0.4, 0.5) is 5.69 Å². The topological polar surface area (TPSA) is 46.6 Å². The Bertz CT molecular complexity index is 517. The summed E-state index contributed by atoms with van der Waals surface area (Å²) in [6, 6.07) is 7.18. The third kappa shape index (κ3) is 3.26. The smallest absolute Gasteiger partial charge is 0.338 e. The molecule has 4 nitrogen and oxygen atoms in total. The van der Waals surface area contributed by atoms with Crippen molar-refractivity contribution in [2.75, 3.05) is 11.4 Å². The minimum Gasteiger partial charge on any atom is -0.459 e. The van der Waals surface area contributed by atoms with Gasteiger partial charge in [0.25, 0.3) is 0 Å². The van der Waals surface area contributed by atoms with Gasteiger partial charge >= 0.3 is 5.97 Å². The zero-order chi connectivity index (χ0) is 14.7. The zero-order valence-corrected chi connectivity index (χ0v) is 12.2. The van der Waals surface area contributed by atoms with Crippen molar-refractivity contribution in [2.45, 2.75) is 51.0 Å². The van der Waals surface area contributed by atoms with Gasteiger partial charge < -0.3 is 9.64 Å². The van der Waals surface area contributed by atoms with E-state index in [1.165, 1.54) is 6.42 Å². The molecule has 4 heteroatoms. The highest BCUT2D eigenvalue weighted by molar-refractivity contribution is 5.96. The Hall–Kier alpha value is -1.84. The van der Waals surface area contributed by atoms with Crippen LogP contribution in [0.1, 0.15) is 55.3 Å². The van der Waals surface area contributed by atoms with Crippen LogP contribution < -0.4 is 4.90 Å². The molecule has 0 radical (unpaired) electrons. The molecular weight excluding hydrogens is 266 g/mol. The lowest BCUT2D eigenvalue weighted by Gasteiger charge is -2.22. The number of amides is 1. The molecule has 0 aromatic heterocycles. The van der Waals surface area contributed by atoms with Gasteiger partial charge in [0.15, 0.2) is 0 Å². The predicted molar refractivity (Wildman–Crippen MR) is 80.3 cm³/mol. The number of carbonyl (C=O) groups is 2. The van der Waals surface area contributed by atoms with Gasteiger partial charge in [-0.1, -0.05) is 6.42 Å². The van der Waals surface area contributed by atoms with Crippen LogP contribution >= 0.6 is 0 Å². The summed E-state index contributed by atoms with van der Waals surface area (Å²) >= 11 is 0. The van der Waals surface area contributed by atoms with Crippen molar-refractivity contribution < 1.29 is 14.3 Å². The van der Waals surface area contributed by atoms with E-state index in [1.54, 1.807) is 17.0 Å². The predicted octanol–water partition coefficient (Wildman–Crippen LogP) is 3.30. The number of carbonyl (C=O) groups excluding carboxylic acids is 2. The van der Waals surface area contributed by atoms with E-state index in [0.29, 0.717) is 12.0 Å². The summed E-state index contributed by atoms with van der Waals surface area (Å²) in [5.74, 6) is -0.0891. The van der Waals surface area contributed by atoms with Crippen LogP contribution in [-0.2, 0) is 9.53 Å². The van der Waals surface area contributed by atoms with Gasteiger partial charge in [-0.25, -0.2) is 4.79 Å². The second-order valence-electron chi connectivity index (χ2n) is 5.86. The average Bonchev–Trinajstić information content (AvgIpc) is 2.94. The molecule has 2 fully saturated rings. The third-order valence-corrected chi connectivity index (χ3v) is 4.31. The van der Waals surface area contributed by atoms with E-state index in [1.807, 2.05) is 12.1 Å². The highest BCUT2D eigenvalue weighted by Gasteiger charge is 2.22. The maximum Gasteiger partial charge on any atom is 0.338 e. The minimum atomic E-state index is -0.249. The van der Waals surface area contributed by atoms with Crippen LogP contribution in [0, 0.1) is 0 Å². The average molecular weight is 287 g/mol. The number of anilines is 1. The van der Waals surface area contributed by atoms with E-state index in [0.717, 1.165) is 44.3 Å². The number of nitrogens with zero attached hydrogens (tertiary/aromatic N) is 1. The molecular formula is C17H21NO3. The molecule has 0 spiro atoms. The molecule has 1 saturated carbocycles. The van der Waals surface area contributed by atoms with E-state index in [9.17, 15) is 9.59 Å². The van der Waals surface area contributed by atoms with Crippen molar-refractivity contribution in [3.8, 4) is 0 Å². The fourth-order valence-electron chi connectivity index (χ4n) is 3.10. The molecule has 0 bridgehead atoms. The van der Waals surface area contributed by atoms with Gasteiger partial charge in [-0.3, -0.25) is 4.79 Å². The van der Waals surface area contributed by atoms with Crippen LogP contribution in [0.5, 0.6) is 0 Å². The van der Waals surface area contributed by atoms with Crippen molar-refractivity contribution in [2.24, 2.45) is 0 Å². The van der Waals surface area contributed by atoms with Gasteiger partial charge in [0.2, 0.25) is 5.91 Å².